The van der Waals surface area contributed by atoms with Crippen molar-refractivity contribution in [2.45, 2.75) is 4.90 Å². The average Bonchev–Trinajstić information content (AvgIpc) is 2.98. The zero-order valence-corrected chi connectivity index (χ0v) is 15.6. The van der Waals surface area contributed by atoms with Crippen molar-refractivity contribution in [2.24, 2.45) is 5.10 Å². The van der Waals surface area contributed by atoms with Gasteiger partial charge in [-0.25, -0.2) is 8.42 Å². The van der Waals surface area contributed by atoms with Gasteiger partial charge >= 0.3 is 0 Å². The molecule has 3 aromatic carbocycles. The van der Waals surface area contributed by atoms with E-state index in [2.05, 4.69) is 10.5 Å². The van der Waals surface area contributed by atoms with Gasteiger partial charge in [-0.05, 0) is 24.3 Å². The molecule has 144 valence electrons. The molecule has 9 heteroatoms. The molecule has 1 aliphatic heterocycles. The number of sulfonamides is 1. The van der Waals surface area contributed by atoms with Crippen LogP contribution >= 0.6 is 0 Å². The molecule has 0 unspecified atom stereocenters. The number of nitrogens with one attached hydrogen (secondary N) is 1. The van der Waals surface area contributed by atoms with Crippen LogP contribution in [0.4, 0.5) is 5.69 Å². The average molecular weight is 399 g/mol. The largest absolute Gasteiger partial charge is 0.379 e. The molecule has 3 aromatic rings. The summed E-state index contributed by atoms with van der Waals surface area (Å²) >= 11 is 0. The van der Waals surface area contributed by atoms with Gasteiger partial charge in [0.25, 0.3) is 0 Å². The molecule has 28 heavy (non-hydrogen) atoms. The first-order valence-electron chi connectivity index (χ1n) is 8.68. The molecule has 1 fully saturated rings. The summed E-state index contributed by atoms with van der Waals surface area (Å²) in [4.78, 5) is 24.8. The summed E-state index contributed by atoms with van der Waals surface area (Å²) in [6, 6.07) is 12.5. The van der Waals surface area contributed by atoms with Crippen molar-refractivity contribution in [3.8, 4) is 0 Å². The molecule has 0 radical (unpaired) electrons. The normalized spacial score (nSPS) is 15.6. The number of hydrogen-bond acceptors (Lipinski definition) is 7. The van der Waals surface area contributed by atoms with Crippen LogP contribution in [0.25, 0.3) is 10.8 Å². The van der Waals surface area contributed by atoms with E-state index in [1.54, 1.807) is 24.3 Å². The van der Waals surface area contributed by atoms with E-state index in [-0.39, 0.29) is 10.3 Å². The Kier molecular flexibility index (Phi) is 4.80. The fourth-order valence-corrected chi connectivity index (χ4v) is 4.50. The van der Waals surface area contributed by atoms with Crippen molar-refractivity contribution in [3.05, 3.63) is 74.3 Å². The summed E-state index contributed by atoms with van der Waals surface area (Å²) < 4.78 is 31.8. The minimum Gasteiger partial charge on any atom is -0.379 e. The van der Waals surface area contributed by atoms with Crippen LogP contribution < -0.4 is 21.6 Å². The molecule has 0 amide bonds. The lowest BCUT2D eigenvalue weighted by Crippen LogP contribution is -2.40. The molecule has 0 atom stereocenters. The van der Waals surface area contributed by atoms with Gasteiger partial charge in [0.2, 0.25) is 20.9 Å². The fraction of sp³-hybridized carbons (Fsp3) is 0.211. The first kappa shape index (κ1) is 18.5. The molecule has 0 spiro atoms. The lowest BCUT2D eigenvalue weighted by molar-refractivity contribution is 0.0730. The van der Waals surface area contributed by atoms with E-state index in [1.807, 2.05) is 0 Å². The Morgan fingerprint density at radius 1 is 0.893 bits per heavy atom. The Bertz CT molecular complexity index is 1220. The standard InChI is InChI=1S/C19H17N3O5S/c23-18-15-3-1-2-4-16(15)19(24)17(18)21-20-13-5-7-14(8-6-13)28(25,26)22-9-11-27-12-10-22/h1-8,20H,9-12H2. The van der Waals surface area contributed by atoms with Gasteiger partial charge in [-0.2, -0.15) is 9.41 Å². The van der Waals surface area contributed by atoms with Crippen LogP contribution in [0.3, 0.4) is 0 Å². The maximum absolute atomic E-state index is 12.6. The number of nitrogens with zero attached hydrogens (tertiary/aromatic N) is 2. The minimum absolute atomic E-state index is 0.160. The quantitative estimate of drug-likeness (QED) is 0.636. The summed E-state index contributed by atoms with van der Waals surface area (Å²) in [6.07, 6.45) is 0. The highest BCUT2D eigenvalue weighted by Crippen LogP contribution is 2.19. The Labute approximate surface area is 160 Å². The lowest BCUT2D eigenvalue weighted by Gasteiger charge is -2.26. The predicted octanol–water partition coefficient (Wildman–Crippen LogP) is 0.385. The van der Waals surface area contributed by atoms with Gasteiger partial charge in [-0.15, -0.1) is 0 Å². The molecular formula is C19H17N3O5S. The molecule has 1 saturated heterocycles. The SMILES string of the molecule is O=c1c(=NNc2ccc(S(=O)(=O)N3CCOCC3)cc2)c(=O)c2ccccc12. The maximum atomic E-state index is 12.6. The third-order valence-electron chi connectivity index (χ3n) is 4.61. The summed E-state index contributed by atoms with van der Waals surface area (Å²) in [5.41, 5.74) is 2.26. The van der Waals surface area contributed by atoms with E-state index in [4.69, 9.17) is 4.74 Å². The van der Waals surface area contributed by atoms with Gasteiger partial charge in [0.05, 0.1) is 23.8 Å². The molecular weight excluding hydrogens is 382 g/mol. The molecule has 8 nitrogen and oxygen atoms in total. The number of fused-ring (bicyclic) bond motifs is 1. The Balaban J connectivity index is 1.60. The predicted molar refractivity (Wildman–Crippen MR) is 104 cm³/mol. The van der Waals surface area contributed by atoms with Crippen molar-refractivity contribution < 1.29 is 13.2 Å². The highest BCUT2D eigenvalue weighted by atomic mass is 32.2. The van der Waals surface area contributed by atoms with Crippen LogP contribution in [0.15, 0.2) is 68.1 Å². The minimum atomic E-state index is -3.58. The van der Waals surface area contributed by atoms with Crippen LogP contribution in [0.1, 0.15) is 0 Å². The number of rotatable bonds is 4. The topological polar surface area (TPSA) is 105 Å². The number of hydrogen-bond donors (Lipinski definition) is 1. The van der Waals surface area contributed by atoms with Crippen molar-refractivity contribution in [1.29, 1.82) is 0 Å². The smallest absolute Gasteiger partial charge is 0.243 e. The Morgan fingerprint density at radius 3 is 2.04 bits per heavy atom. The van der Waals surface area contributed by atoms with E-state index in [0.717, 1.165) is 0 Å². The van der Waals surface area contributed by atoms with E-state index in [9.17, 15) is 18.0 Å². The van der Waals surface area contributed by atoms with Crippen molar-refractivity contribution >= 4 is 26.5 Å². The second-order valence-corrected chi connectivity index (χ2v) is 8.25. The molecule has 4 rings (SSSR count). The van der Waals surface area contributed by atoms with Crippen LogP contribution in [0.5, 0.6) is 0 Å². The number of benzene rings is 2. The van der Waals surface area contributed by atoms with Gasteiger partial charge in [0, 0.05) is 23.9 Å². The van der Waals surface area contributed by atoms with Gasteiger partial charge < -0.3 is 4.74 Å². The van der Waals surface area contributed by atoms with E-state index >= 15 is 0 Å². The van der Waals surface area contributed by atoms with Crippen LogP contribution in [0.2, 0.25) is 0 Å². The monoisotopic (exact) mass is 399 g/mol. The molecule has 0 saturated carbocycles. The highest BCUT2D eigenvalue weighted by Gasteiger charge is 2.26. The third kappa shape index (κ3) is 3.24. The van der Waals surface area contributed by atoms with Crippen molar-refractivity contribution in [2.75, 3.05) is 31.7 Å². The Morgan fingerprint density at radius 2 is 1.46 bits per heavy atom. The van der Waals surface area contributed by atoms with Crippen LogP contribution in [-0.4, -0.2) is 39.0 Å². The maximum Gasteiger partial charge on any atom is 0.243 e. The first-order valence-corrected chi connectivity index (χ1v) is 10.1. The van der Waals surface area contributed by atoms with E-state index in [0.29, 0.717) is 42.8 Å². The number of ether oxygens (including phenoxy) is 1. The fourth-order valence-electron chi connectivity index (χ4n) is 3.10. The summed E-state index contributed by atoms with van der Waals surface area (Å²) in [5, 5.41) is 4.42. The first-order chi connectivity index (χ1) is 13.5. The molecule has 1 aliphatic rings. The van der Waals surface area contributed by atoms with Gasteiger partial charge in [0.15, 0.2) is 5.36 Å². The zero-order chi connectivity index (χ0) is 19.7. The second-order valence-electron chi connectivity index (χ2n) is 6.32. The van der Waals surface area contributed by atoms with Crippen molar-refractivity contribution in [1.82, 2.24) is 4.31 Å². The highest BCUT2D eigenvalue weighted by molar-refractivity contribution is 7.89. The number of morpholine rings is 1. The van der Waals surface area contributed by atoms with Gasteiger partial charge in [-0.3, -0.25) is 15.0 Å². The lowest BCUT2D eigenvalue weighted by atomic mass is 10.2. The van der Waals surface area contributed by atoms with E-state index in [1.165, 1.54) is 28.6 Å². The molecule has 0 bridgehead atoms. The molecule has 0 aliphatic carbocycles. The third-order valence-corrected chi connectivity index (χ3v) is 6.52. The zero-order valence-electron chi connectivity index (χ0n) is 14.8. The van der Waals surface area contributed by atoms with Gasteiger partial charge in [-0.1, -0.05) is 24.3 Å². The summed E-state index contributed by atoms with van der Waals surface area (Å²) in [5.74, 6) is 0. The second kappa shape index (κ2) is 7.27. The van der Waals surface area contributed by atoms with Crippen LogP contribution in [0, 0.1) is 0 Å². The van der Waals surface area contributed by atoms with Gasteiger partial charge in [0.1, 0.15) is 0 Å². The van der Waals surface area contributed by atoms with Crippen molar-refractivity contribution in [3.63, 3.8) is 0 Å². The summed E-state index contributed by atoms with van der Waals surface area (Å²) in [6.45, 7) is 1.39. The number of anilines is 1. The van der Waals surface area contributed by atoms with Crippen LogP contribution in [-0.2, 0) is 14.8 Å². The molecule has 1 N–H and O–H groups in total. The molecule has 1 heterocycles. The Hall–Kier alpha value is -2.88. The summed E-state index contributed by atoms with van der Waals surface area (Å²) in [7, 11) is -3.58. The van der Waals surface area contributed by atoms with E-state index < -0.39 is 20.9 Å². The molecule has 0 aromatic heterocycles.